The molecule has 2 heterocycles. The van der Waals surface area contributed by atoms with Crippen molar-refractivity contribution >= 4 is 23.4 Å². The third-order valence-corrected chi connectivity index (χ3v) is 5.39. The minimum absolute atomic E-state index is 0.0221. The number of aromatic amines is 1. The normalized spacial score (nSPS) is 19.3. The molecule has 1 aliphatic rings. The average molecular weight is 421 g/mol. The Morgan fingerprint density at radius 1 is 1.37 bits per heavy atom. The van der Waals surface area contributed by atoms with Crippen LogP contribution in [0.2, 0.25) is 0 Å². The summed E-state index contributed by atoms with van der Waals surface area (Å²) in [7, 11) is 4.07. The lowest BCUT2D eigenvalue weighted by molar-refractivity contribution is -0.137. The molecule has 1 aromatic heterocycles. The number of nitrogens with one attached hydrogen (secondary N) is 1. The minimum atomic E-state index is -0.250. The second-order valence-corrected chi connectivity index (χ2v) is 7.79. The first-order valence-electron chi connectivity index (χ1n) is 10.0. The van der Waals surface area contributed by atoms with E-state index < -0.39 is 0 Å². The predicted molar refractivity (Wildman–Crippen MR) is 113 cm³/mol. The zero-order valence-electron chi connectivity index (χ0n) is 17.9. The van der Waals surface area contributed by atoms with Gasteiger partial charge in [0.05, 0.1) is 11.0 Å². The van der Waals surface area contributed by atoms with E-state index in [1.165, 1.54) is 0 Å². The number of amides is 1. The van der Waals surface area contributed by atoms with Crippen LogP contribution in [0.3, 0.4) is 0 Å². The van der Waals surface area contributed by atoms with Crippen molar-refractivity contribution in [1.82, 2.24) is 19.8 Å². The average Bonchev–Trinajstić information content (AvgIpc) is 3.00. The van der Waals surface area contributed by atoms with E-state index >= 15 is 0 Å². The number of nitrogens with zero attached hydrogens (tertiary/aromatic N) is 3. The van der Waals surface area contributed by atoms with Crippen LogP contribution in [0.15, 0.2) is 18.2 Å². The molecule has 0 aliphatic carbocycles. The first-order chi connectivity index (χ1) is 14.4. The van der Waals surface area contributed by atoms with Crippen molar-refractivity contribution in [2.75, 3.05) is 40.4 Å². The topological polar surface area (TPSA) is 119 Å². The monoisotopic (exact) mass is 420 g/mol. The van der Waals surface area contributed by atoms with Crippen LogP contribution in [0.5, 0.6) is 0 Å². The van der Waals surface area contributed by atoms with E-state index in [0.29, 0.717) is 19.1 Å². The van der Waals surface area contributed by atoms with Gasteiger partial charge in [-0.15, -0.1) is 0 Å². The van der Waals surface area contributed by atoms with Crippen molar-refractivity contribution in [2.24, 2.45) is 5.92 Å². The Balaban J connectivity index is 0.00000101. The van der Waals surface area contributed by atoms with E-state index in [-0.39, 0.29) is 38.1 Å². The number of carboxylic acid groups (broad SMARTS) is 1. The highest BCUT2D eigenvalue weighted by molar-refractivity contribution is 5.78. The highest BCUT2D eigenvalue weighted by Crippen LogP contribution is 2.19. The summed E-state index contributed by atoms with van der Waals surface area (Å²) in [6.45, 7) is 3.45. The molecule has 0 unspecified atom stereocenters. The number of aliphatic hydroxyl groups excluding tert-OH is 1. The second-order valence-electron chi connectivity index (χ2n) is 7.79. The van der Waals surface area contributed by atoms with Crippen molar-refractivity contribution in [1.29, 1.82) is 0 Å². The number of carbonyl (C=O) groups is 2. The number of ether oxygens (including phenoxy) is 1. The SMILES string of the molecule is Cc1cccc2[nH]c(COCC(=O)N3C[C@@H](CO)CC[C@@H](N(C)C)C3)nc12.O=CO. The third kappa shape index (κ3) is 6.51. The molecule has 30 heavy (non-hydrogen) atoms. The molecule has 9 heteroatoms. The van der Waals surface area contributed by atoms with E-state index in [1.54, 1.807) is 0 Å². The molecule has 1 amide bonds. The second kappa shape index (κ2) is 11.6. The molecule has 1 saturated heterocycles. The van der Waals surface area contributed by atoms with Gasteiger partial charge in [-0.3, -0.25) is 9.59 Å². The molecular formula is C21H32N4O5. The van der Waals surface area contributed by atoms with E-state index in [2.05, 4.69) is 14.9 Å². The maximum absolute atomic E-state index is 12.7. The first-order valence-corrected chi connectivity index (χ1v) is 10.0. The summed E-state index contributed by atoms with van der Waals surface area (Å²) in [6.07, 6.45) is 1.92. The highest BCUT2D eigenvalue weighted by atomic mass is 16.5. The molecule has 0 bridgehead atoms. The van der Waals surface area contributed by atoms with Gasteiger partial charge in [-0.25, -0.2) is 4.98 Å². The van der Waals surface area contributed by atoms with Crippen molar-refractivity contribution in [3.8, 4) is 0 Å². The van der Waals surface area contributed by atoms with Gasteiger partial charge < -0.3 is 29.7 Å². The number of likely N-dealkylation sites (N-methyl/N-ethyl adjacent to an activating group) is 1. The molecule has 2 atom stereocenters. The van der Waals surface area contributed by atoms with Gasteiger partial charge in [0.15, 0.2) is 0 Å². The quantitative estimate of drug-likeness (QED) is 0.602. The van der Waals surface area contributed by atoms with Gasteiger partial charge in [0.25, 0.3) is 6.47 Å². The van der Waals surface area contributed by atoms with Crippen molar-refractivity contribution in [3.63, 3.8) is 0 Å². The number of likely N-dealkylation sites (tertiary alicyclic amines) is 1. The van der Waals surface area contributed by atoms with Crippen LogP contribution < -0.4 is 0 Å². The maximum Gasteiger partial charge on any atom is 0.290 e. The van der Waals surface area contributed by atoms with Gasteiger partial charge in [0.2, 0.25) is 5.91 Å². The Hall–Kier alpha value is -2.49. The zero-order valence-corrected chi connectivity index (χ0v) is 17.9. The predicted octanol–water partition coefficient (Wildman–Crippen LogP) is 1.25. The third-order valence-electron chi connectivity index (χ3n) is 5.39. The Morgan fingerprint density at radius 2 is 2.10 bits per heavy atom. The number of benzene rings is 1. The molecule has 3 N–H and O–H groups in total. The summed E-state index contributed by atoms with van der Waals surface area (Å²) >= 11 is 0. The van der Waals surface area contributed by atoms with Gasteiger partial charge in [0.1, 0.15) is 19.0 Å². The van der Waals surface area contributed by atoms with Crippen molar-refractivity contribution < 1.29 is 24.5 Å². The number of rotatable bonds is 6. The van der Waals surface area contributed by atoms with E-state index in [1.807, 2.05) is 44.1 Å². The first kappa shape index (κ1) is 23.8. The van der Waals surface area contributed by atoms with E-state index in [9.17, 15) is 9.90 Å². The lowest BCUT2D eigenvalue weighted by Gasteiger charge is -2.29. The Labute approximate surface area is 176 Å². The van der Waals surface area contributed by atoms with Crippen LogP contribution in [0.4, 0.5) is 0 Å². The number of fused-ring (bicyclic) bond motifs is 1. The number of aromatic nitrogens is 2. The fraction of sp³-hybridized carbons (Fsp3) is 0.571. The molecule has 3 rings (SSSR count). The van der Waals surface area contributed by atoms with Crippen LogP contribution in [0.1, 0.15) is 24.2 Å². The minimum Gasteiger partial charge on any atom is -0.483 e. The van der Waals surface area contributed by atoms with Gasteiger partial charge in [-0.2, -0.15) is 0 Å². The number of H-pyrrole nitrogens is 1. The number of imidazole rings is 1. The largest absolute Gasteiger partial charge is 0.483 e. The maximum atomic E-state index is 12.7. The molecule has 9 nitrogen and oxygen atoms in total. The molecule has 1 aromatic carbocycles. The highest BCUT2D eigenvalue weighted by Gasteiger charge is 2.27. The smallest absolute Gasteiger partial charge is 0.290 e. The molecule has 0 spiro atoms. The molecule has 2 aromatic rings. The number of hydrogen-bond acceptors (Lipinski definition) is 6. The lowest BCUT2D eigenvalue weighted by Crippen LogP contribution is -2.44. The summed E-state index contributed by atoms with van der Waals surface area (Å²) in [5.74, 6) is 0.828. The number of hydrogen-bond donors (Lipinski definition) is 3. The Bertz CT molecular complexity index is 823. The van der Waals surface area contributed by atoms with Gasteiger partial charge >= 0.3 is 0 Å². The summed E-state index contributed by atoms with van der Waals surface area (Å²) in [5, 5.41) is 16.5. The molecule has 0 saturated carbocycles. The van der Waals surface area contributed by atoms with Crippen LogP contribution in [0, 0.1) is 12.8 Å². The van der Waals surface area contributed by atoms with Crippen LogP contribution in [-0.2, 0) is 20.9 Å². The van der Waals surface area contributed by atoms with Gasteiger partial charge in [0, 0.05) is 25.7 Å². The number of aliphatic hydroxyl groups is 1. The van der Waals surface area contributed by atoms with E-state index in [0.717, 1.165) is 35.3 Å². The number of para-hydroxylation sites is 1. The zero-order chi connectivity index (χ0) is 22.1. The molecule has 1 fully saturated rings. The Kier molecular flexibility index (Phi) is 9.22. The van der Waals surface area contributed by atoms with Crippen molar-refractivity contribution in [2.45, 2.75) is 32.4 Å². The van der Waals surface area contributed by atoms with Crippen LogP contribution in [0.25, 0.3) is 11.0 Å². The van der Waals surface area contributed by atoms with Crippen LogP contribution in [-0.4, -0.2) is 88.8 Å². The van der Waals surface area contributed by atoms with Gasteiger partial charge in [-0.1, -0.05) is 12.1 Å². The van der Waals surface area contributed by atoms with Crippen molar-refractivity contribution in [3.05, 3.63) is 29.6 Å². The van der Waals surface area contributed by atoms with Crippen LogP contribution >= 0.6 is 0 Å². The summed E-state index contributed by atoms with van der Waals surface area (Å²) in [5.41, 5.74) is 3.03. The summed E-state index contributed by atoms with van der Waals surface area (Å²) in [6, 6.07) is 6.30. The summed E-state index contributed by atoms with van der Waals surface area (Å²) in [4.78, 5) is 32.8. The number of carbonyl (C=O) groups excluding carboxylic acids is 1. The number of aryl methyl sites for hydroxylation is 1. The molecular weight excluding hydrogens is 388 g/mol. The molecule has 1 aliphatic heterocycles. The molecule has 0 radical (unpaired) electrons. The fourth-order valence-corrected chi connectivity index (χ4v) is 3.65. The van der Waals surface area contributed by atoms with E-state index in [4.69, 9.17) is 14.6 Å². The fourth-order valence-electron chi connectivity index (χ4n) is 3.65. The lowest BCUT2D eigenvalue weighted by atomic mass is 10.0. The standard InChI is InChI=1S/C20H30N4O3.CH2O2/c1-14-5-4-6-17-20(14)22-18(21-17)12-27-13-19(26)24-9-15(11-25)7-8-16(10-24)23(2)3;2-1-3/h4-6,15-16,25H,7-13H2,1-3H3,(H,21,22);1H,(H,2,3)/t15-,16+;/m0./s1. The molecule has 166 valence electrons. The van der Waals surface area contributed by atoms with Gasteiger partial charge in [-0.05, 0) is 51.4 Å². The Morgan fingerprint density at radius 3 is 2.73 bits per heavy atom. The summed E-state index contributed by atoms with van der Waals surface area (Å²) < 4.78 is 5.65.